The number of carbonyl (C=O) groups is 2. The van der Waals surface area contributed by atoms with E-state index in [0.29, 0.717) is 6.54 Å². The minimum atomic E-state index is -0.853. The monoisotopic (exact) mass is 260 g/mol. The second kappa shape index (κ2) is 7.20. The Hall–Kier alpha value is -1.30. The van der Waals surface area contributed by atoms with Gasteiger partial charge in [0.05, 0.1) is 7.11 Å². The molecule has 0 radical (unpaired) electrons. The van der Waals surface area contributed by atoms with E-state index < -0.39 is 23.7 Å². The summed E-state index contributed by atoms with van der Waals surface area (Å²) < 4.78 is 9.77. The topological polar surface area (TPSA) is 81.9 Å². The maximum atomic E-state index is 11.9. The number of rotatable bonds is 5. The third-order valence-electron chi connectivity index (χ3n) is 2.07. The molecule has 0 aliphatic rings. The molecule has 1 atom stereocenters. The van der Waals surface area contributed by atoms with Crippen molar-refractivity contribution in [1.29, 1.82) is 0 Å². The normalized spacial score (nSPS) is 12.8. The lowest BCUT2D eigenvalue weighted by molar-refractivity contribution is -0.142. The molecular formula is C12H24N2O4. The van der Waals surface area contributed by atoms with Gasteiger partial charge in [0, 0.05) is 13.1 Å². The molecule has 0 fully saturated rings. The van der Waals surface area contributed by atoms with Crippen LogP contribution >= 0.6 is 0 Å². The Labute approximate surface area is 108 Å². The highest BCUT2D eigenvalue weighted by atomic mass is 16.6. The fourth-order valence-electron chi connectivity index (χ4n) is 1.32. The van der Waals surface area contributed by atoms with Gasteiger partial charge in [-0.05, 0) is 27.2 Å². The summed E-state index contributed by atoms with van der Waals surface area (Å²) in [6, 6.07) is -0.853. The Morgan fingerprint density at radius 3 is 2.28 bits per heavy atom. The molecule has 1 unspecified atom stereocenters. The second-order valence-corrected chi connectivity index (χ2v) is 5.06. The van der Waals surface area contributed by atoms with Crippen LogP contribution in [0.2, 0.25) is 0 Å². The highest BCUT2D eigenvalue weighted by Gasteiger charge is 2.25. The largest absolute Gasteiger partial charge is 0.468 e. The standard InChI is InChI=1S/C12H24N2O4/c1-6-7-14(8-9(13)10(15)17-5)11(16)18-12(2,3)4/h9H,6-8,13H2,1-5H3. The average Bonchev–Trinajstić information content (AvgIpc) is 2.24. The highest BCUT2D eigenvalue weighted by molar-refractivity contribution is 5.77. The lowest BCUT2D eigenvalue weighted by Crippen LogP contribution is -2.47. The fourth-order valence-corrected chi connectivity index (χ4v) is 1.32. The fraction of sp³-hybridized carbons (Fsp3) is 0.833. The van der Waals surface area contributed by atoms with E-state index in [1.165, 1.54) is 12.0 Å². The smallest absolute Gasteiger partial charge is 0.410 e. The van der Waals surface area contributed by atoms with Crippen molar-refractivity contribution >= 4 is 12.1 Å². The van der Waals surface area contributed by atoms with Crippen LogP contribution in [0.1, 0.15) is 34.1 Å². The van der Waals surface area contributed by atoms with Crippen LogP contribution in [0.25, 0.3) is 0 Å². The first-order valence-corrected chi connectivity index (χ1v) is 6.02. The van der Waals surface area contributed by atoms with E-state index in [4.69, 9.17) is 10.5 Å². The molecular weight excluding hydrogens is 236 g/mol. The van der Waals surface area contributed by atoms with Gasteiger partial charge in [0.2, 0.25) is 0 Å². The number of carbonyl (C=O) groups excluding carboxylic acids is 2. The maximum absolute atomic E-state index is 11.9. The van der Waals surface area contributed by atoms with Crippen LogP contribution in [-0.2, 0) is 14.3 Å². The number of hydrogen-bond acceptors (Lipinski definition) is 5. The second-order valence-electron chi connectivity index (χ2n) is 5.06. The van der Waals surface area contributed by atoms with Crippen LogP contribution in [0.15, 0.2) is 0 Å². The summed E-state index contributed by atoms with van der Waals surface area (Å²) in [6.45, 7) is 7.87. The van der Waals surface area contributed by atoms with E-state index in [1.807, 2.05) is 6.92 Å². The third kappa shape index (κ3) is 6.44. The van der Waals surface area contributed by atoms with Crippen molar-refractivity contribution < 1.29 is 19.1 Å². The third-order valence-corrected chi connectivity index (χ3v) is 2.07. The molecule has 0 saturated heterocycles. The molecule has 0 aliphatic carbocycles. The number of hydrogen-bond donors (Lipinski definition) is 1. The molecule has 6 nitrogen and oxygen atoms in total. The molecule has 0 aromatic rings. The van der Waals surface area contributed by atoms with E-state index in [0.717, 1.165) is 6.42 Å². The first kappa shape index (κ1) is 16.7. The molecule has 0 bridgehead atoms. The number of esters is 1. The number of amides is 1. The summed E-state index contributed by atoms with van der Waals surface area (Å²) in [5.41, 5.74) is 5.07. The van der Waals surface area contributed by atoms with Crippen LogP contribution in [0.5, 0.6) is 0 Å². The lowest BCUT2D eigenvalue weighted by atomic mass is 10.2. The van der Waals surface area contributed by atoms with Crippen molar-refractivity contribution in [2.75, 3.05) is 20.2 Å². The highest BCUT2D eigenvalue weighted by Crippen LogP contribution is 2.10. The van der Waals surface area contributed by atoms with E-state index in [9.17, 15) is 9.59 Å². The van der Waals surface area contributed by atoms with Gasteiger partial charge < -0.3 is 20.1 Å². The number of ether oxygens (including phenoxy) is 2. The zero-order chi connectivity index (χ0) is 14.3. The molecule has 0 aliphatic heterocycles. The lowest BCUT2D eigenvalue weighted by Gasteiger charge is -2.28. The van der Waals surface area contributed by atoms with E-state index in [2.05, 4.69) is 4.74 Å². The quantitative estimate of drug-likeness (QED) is 0.749. The molecule has 0 spiro atoms. The molecule has 18 heavy (non-hydrogen) atoms. The van der Waals surface area contributed by atoms with Crippen LogP contribution < -0.4 is 5.73 Å². The first-order chi connectivity index (χ1) is 8.21. The molecule has 6 heteroatoms. The minimum absolute atomic E-state index is 0.0927. The predicted molar refractivity (Wildman–Crippen MR) is 68.1 cm³/mol. The van der Waals surface area contributed by atoms with Crippen molar-refractivity contribution in [1.82, 2.24) is 4.90 Å². The van der Waals surface area contributed by atoms with Crippen LogP contribution in [0.4, 0.5) is 4.79 Å². The number of methoxy groups -OCH3 is 1. The molecule has 0 saturated carbocycles. The van der Waals surface area contributed by atoms with E-state index in [-0.39, 0.29) is 6.54 Å². The maximum Gasteiger partial charge on any atom is 0.410 e. The van der Waals surface area contributed by atoms with Gasteiger partial charge in [-0.3, -0.25) is 4.79 Å². The van der Waals surface area contributed by atoms with Gasteiger partial charge in [-0.25, -0.2) is 4.79 Å². The van der Waals surface area contributed by atoms with Gasteiger partial charge in [-0.15, -0.1) is 0 Å². The van der Waals surface area contributed by atoms with Gasteiger partial charge in [-0.2, -0.15) is 0 Å². The number of nitrogens with zero attached hydrogens (tertiary/aromatic N) is 1. The van der Waals surface area contributed by atoms with Crippen LogP contribution in [-0.4, -0.2) is 48.8 Å². The van der Waals surface area contributed by atoms with Gasteiger partial charge >= 0.3 is 12.1 Å². The Morgan fingerprint density at radius 2 is 1.89 bits per heavy atom. The molecule has 0 aromatic carbocycles. The Bertz CT molecular complexity index is 286. The molecule has 106 valence electrons. The minimum Gasteiger partial charge on any atom is -0.468 e. The molecule has 2 N–H and O–H groups in total. The average molecular weight is 260 g/mol. The van der Waals surface area contributed by atoms with Crippen molar-refractivity contribution in [3.63, 3.8) is 0 Å². The van der Waals surface area contributed by atoms with Gasteiger partial charge in [0.15, 0.2) is 0 Å². The summed E-state index contributed by atoms with van der Waals surface area (Å²) in [7, 11) is 1.26. The predicted octanol–water partition coefficient (Wildman–Crippen LogP) is 1.13. The van der Waals surface area contributed by atoms with Gasteiger partial charge in [-0.1, -0.05) is 6.92 Å². The van der Waals surface area contributed by atoms with Gasteiger partial charge in [0.1, 0.15) is 11.6 Å². The summed E-state index contributed by atoms with van der Waals surface area (Å²) in [5, 5.41) is 0. The summed E-state index contributed by atoms with van der Waals surface area (Å²) in [6.07, 6.45) is 0.288. The molecule has 0 rings (SSSR count). The zero-order valence-electron chi connectivity index (χ0n) is 11.9. The molecule has 1 amide bonds. The van der Waals surface area contributed by atoms with Crippen molar-refractivity contribution in [3.8, 4) is 0 Å². The summed E-state index contributed by atoms with van der Waals surface area (Å²) in [4.78, 5) is 24.5. The number of nitrogens with two attached hydrogens (primary N) is 1. The SMILES string of the molecule is CCCN(CC(N)C(=O)OC)C(=O)OC(C)(C)C. The molecule has 0 aromatic heterocycles. The van der Waals surface area contributed by atoms with Crippen LogP contribution in [0, 0.1) is 0 Å². The Balaban J connectivity index is 4.56. The summed E-state index contributed by atoms with van der Waals surface area (Å²) >= 11 is 0. The molecule has 0 heterocycles. The van der Waals surface area contributed by atoms with Gasteiger partial charge in [0.25, 0.3) is 0 Å². The van der Waals surface area contributed by atoms with Crippen molar-refractivity contribution in [2.24, 2.45) is 5.73 Å². The van der Waals surface area contributed by atoms with Crippen LogP contribution in [0.3, 0.4) is 0 Å². The Morgan fingerprint density at radius 1 is 1.33 bits per heavy atom. The van der Waals surface area contributed by atoms with E-state index in [1.54, 1.807) is 20.8 Å². The Kier molecular flexibility index (Phi) is 6.68. The zero-order valence-corrected chi connectivity index (χ0v) is 11.9. The van der Waals surface area contributed by atoms with Crippen molar-refractivity contribution in [2.45, 2.75) is 45.8 Å². The van der Waals surface area contributed by atoms with Crippen molar-refractivity contribution in [3.05, 3.63) is 0 Å². The summed E-state index contributed by atoms with van der Waals surface area (Å²) in [5.74, 6) is -0.542. The first-order valence-electron chi connectivity index (χ1n) is 6.02. The van der Waals surface area contributed by atoms with E-state index >= 15 is 0 Å².